The summed E-state index contributed by atoms with van der Waals surface area (Å²) in [7, 11) is 0. The lowest BCUT2D eigenvalue weighted by molar-refractivity contribution is 0.0870. The van der Waals surface area contributed by atoms with Gasteiger partial charge in [-0.25, -0.2) is 9.97 Å². The molecular formula is C22H22N4O2. The summed E-state index contributed by atoms with van der Waals surface area (Å²) in [6.07, 6.45) is 4.97. The van der Waals surface area contributed by atoms with Crippen molar-refractivity contribution < 1.29 is 9.90 Å². The Morgan fingerprint density at radius 2 is 1.89 bits per heavy atom. The van der Waals surface area contributed by atoms with Crippen LogP contribution in [-0.4, -0.2) is 39.7 Å². The normalized spacial score (nSPS) is 16.8. The molecule has 142 valence electrons. The summed E-state index contributed by atoms with van der Waals surface area (Å²) < 4.78 is 0. The van der Waals surface area contributed by atoms with Gasteiger partial charge in [-0.2, -0.15) is 0 Å². The van der Waals surface area contributed by atoms with Crippen molar-refractivity contribution in [1.29, 1.82) is 0 Å². The molecule has 1 aliphatic heterocycles. The molecule has 28 heavy (non-hydrogen) atoms. The summed E-state index contributed by atoms with van der Waals surface area (Å²) in [5.74, 6) is -0.214. The molecule has 1 aromatic heterocycles. The minimum Gasteiger partial charge on any atom is -0.390 e. The molecule has 0 radical (unpaired) electrons. The summed E-state index contributed by atoms with van der Waals surface area (Å²) in [5, 5.41) is 16.7. The van der Waals surface area contributed by atoms with E-state index in [1.807, 2.05) is 24.3 Å². The van der Waals surface area contributed by atoms with E-state index in [1.54, 1.807) is 24.5 Å². The maximum atomic E-state index is 12.5. The average molecular weight is 374 g/mol. The van der Waals surface area contributed by atoms with E-state index in [1.165, 1.54) is 17.5 Å². The minimum atomic E-state index is -0.664. The fraction of sp³-hybridized carbons (Fsp3) is 0.227. The number of rotatable bonds is 5. The number of carbonyl (C=O) groups is 1. The van der Waals surface area contributed by atoms with Crippen molar-refractivity contribution in [3.8, 4) is 11.1 Å². The van der Waals surface area contributed by atoms with Crippen molar-refractivity contribution in [1.82, 2.24) is 20.6 Å². The summed E-state index contributed by atoms with van der Waals surface area (Å²) in [5.41, 5.74) is 4.77. The van der Waals surface area contributed by atoms with E-state index in [4.69, 9.17) is 0 Å². The van der Waals surface area contributed by atoms with Crippen LogP contribution < -0.4 is 10.6 Å². The molecule has 1 amide bonds. The van der Waals surface area contributed by atoms with Gasteiger partial charge in [-0.1, -0.05) is 36.4 Å². The summed E-state index contributed by atoms with van der Waals surface area (Å²) in [6.45, 7) is 0.921. The lowest BCUT2D eigenvalue weighted by atomic mass is 9.93. The number of carbonyl (C=O) groups excluding carboxylic acids is 1. The molecule has 2 atom stereocenters. The topological polar surface area (TPSA) is 87.1 Å². The van der Waals surface area contributed by atoms with Crippen molar-refractivity contribution in [3.05, 3.63) is 83.9 Å². The number of aliphatic hydroxyl groups excluding tert-OH is 1. The molecule has 0 fully saturated rings. The zero-order chi connectivity index (χ0) is 19.3. The van der Waals surface area contributed by atoms with Gasteiger partial charge in [0.25, 0.3) is 5.91 Å². The molecule has 0 aliphatic carbocycles. The molecule has 4 rings (SSSR count). The van der Waals surface area contributed by atoms with E-state index in [0.717, 1.165) is 24.1 Å². The second-order valence-corrected chi connectivity index (χ2v) is 6.95. The third-order valence-electron chi connectivity index (χ3n) is 5.07. The molecule has 0 spiro atoms. The van der Waals surface area contributed by atoms with Gasteiger partial charge < -0.3 is 15.7 Å². The number of hydrogen-bond acceptors (Lipinski definition) is 5. The molecule has 6 heteroatoms. The molecular weight excluding hydrogens is 352 g/mol. The number of aromatic nitrogens is 2. The quantitative estimate of drug-likeness (QED) is 0.635. The largest absolute Gasteiger partial charge is 0.390 e. The Balaban J connectivity index is 1.37. The number of fused-ring (bicyclic) bond motifs is 1. The Morgan fingerprint density at radius 3 is 2.71 bits per heavy atom. The highest BCUT2D eigenvalue weighted by Crippen LogP contribution is 2.19. The van der Waals surface area contributed by atoms with Gasteiger partial charge in [0, 0.05) is 42.7 Å². The highest BCUT2D eigenvalue weighted by atomic mass is 16.3. The summed E-state index contributed by atoms with van der Waals surface area (Å²) >= 11 is 0. The van der Waals surface area contributed by atoms with Gasteiger partial charge in [0.05, 0.1) is 6.10 Å². The van der Waals surface area contributed by atoms with Crippen LogP contribution in [0.4, 0.5) is 0 Å². The predicted molar refractivity (Wildman–Crippen MR) is 107 cm³/mol. The van der Waals surface area contributed by atoms with E-state index in [0.29, 0.717) is 5.56 Å². The van der Waals surface area contributed by atoms with E-state index >= 15 is 0 Å². The lowest BCUT2D eigenvalue weighted by Crippen LogP contribution is -2.49. The maximum Gasteiger partial charge on any atom is 0.251 e. The van der Waals surface area contributed by atoms with E-state index < -0.39 is 6.10 Å². The zero-order valence-electron chi connectivity index (χ0n) is 15.4. The minimum absolute atomic E-state index is 0.0806. The number of benzene rings is 2. The molecule has 1 aliphatic rings. The summed E-state index contributed by atoms with van der Waals surface area (Å²) in [4.78, 5) is 20.6. The third-order valence-corrected chi connectivity index (χ3v) is 5.07. The van der Waals surface area contributed by atoms with Gasteiger partial charge in [0.15, 0.2) is 0 Å². The van der Waals surface area contributed by atoms with Crippen LogP contribution in [0.1, 0.15) is 21.5 Å². The maximum absolute atomic E-state index is 12.5. The number of nitrogens with zero attached hydrogens (tertiary/aromatic N) is 2. The van der Waals surface area contributed by atoms with Gasteiger partial charge in [-0.05, 0) is 35.2 Å². The zero-order valence-corrected chi connectivity index (χ0v) is 15.4. The van der Waals surface area contributed by atoms with Crippen molar-refractivity contribution in [2.24, 2.45) is 0 Å². The van der Waals surface area contributed by atoms with Crippen molar-refractivity contribution >= 4 is 5.91 Å². The van der Waals surface area contributed by atoms with Crippen LogP contribution in [0.25, 0.3) is 11.1 Å². The highest BCUT2D eigenvalue weighted by Gasteiger charge is 2.24. The van der Waals surface area contributed by atoms with Crippen molar-refractivity contribution in [2.45, 2.75) is 25.1 Å². The lowest BCUT2D eigenvalue weighted by Gasteiger charge is -2.30. The third kappa shape index (κ3) is 4.08. The standard InChI is InChI=1S/C22H22N4O2/c27-21(20-9-16-4-1-2-5-18(16)12-25-20)13-26-22(28)17-7-3-6-15(8-17)19-10-23-14-24-11-19/h1-8,10-11,14,20-21,25,27H,9,12-13H2,(H,26,28). The molecule has 0 saturated carbocycles. The van der Waals surface area contributed by atoms with E-state index in [9.17, 15) is 9.90 Å². The molecule has 2 aromatic carbocycles. The first-order chi connectivity index (χ1) is 13.7. The second-order valence-electron chi connectivity index (χ2n) is 6.95. The molecule has 6 nitrogen and oxygen atoms in total. The number of amides is 1. The van der Waals surface area contributed by atoms with Crippen molar-refractivity contribution in [3.63, 3.8) is 0 Å². The predicted octanol–water partition coefficient (Wildman–Crippen LogP) is 1.95. The fourth-order valence-corrected chi connectivity index (χ4v) is 3.48. The van der Waals surface area contributed by atoms with Crippen LogP contribution in [-0.2, 0) is 13.0 Å². The first-order valence-electron chi connectivity index (χ1n) is 9.32. The van der Waals surface area contributed by atoms with Crippen LogP contribution in [0.3, 0.4) is 0 Å². The van der Waals surface area contributed by atoms with Crippen LogP contribution in [0.5, 0.6) is 0 Å². The number of aliphatic hydroxyl groups is 1. The fourth-order valence-electron chi connectivity index (χ4n) is 3.48. The Labute approximate surface area is 163 Å². The van der Waals surface area contributed by atoms with Gasteiger partial charge in [-0.15, -0.1) is 0 Å². The first-order valence-corrected chi connectivity index (χ1v) is 9.32. The summed E-state index contributed by atoms with van der Waals surface area (Å²) in [6, 6.07) is 15.4. The molecule has 3 N–H and O–H groups in total. The van der Waals surface area contributed by atoms with Gasteiger partial charge in [0.1, 0.15) is 6.33 Å². The van der Waals surface area contributed by atoms with Crippen LogP contribution >= 0.6 is 0 Å². The Bertz CT molecular complexity index is 962. The van der Waals surface area contributed by atoms with Crippen LogP contribution in [0, 0.1) is 0 Å². The Morgan fingerprint density at radius 1 is 1.11 bits per heavy atom. The molecule has 0 saturated heterocycles. The van der Waals surface area contributed by atoms with Gasteiger partial charge in [-0.3, -0.25) is 4.79 Å². The smallest absolute Gasteiger partial charge is 0.251 e. The van der Waals surface area contributed by atoms with Gasteiger partial charge in [0.2, 0.25) is 0 Å². The van der Waals surface area contributed by atoms with E-state index in [-0.39, 0.29) is 18.5 Å². The average Bonchev–Trinajstić information content (AvgIpc) is 2.77. The monoisotopic (exact) mass is 374 g/mol. The molecule has 2 unspecified atom stereocenters. The molecule has 2 heterocycles. The van der Waals surface area contributed by atoms with Crippen LogP contribution in [0.2, 0.25) is 0 Å². The number of hydrogen-bond donors (Lipinski definition) is 3. The van der Waals surface area contributed by atoms with Crippen LogP contribution in [0.15, 0.2) is 67.3 Å². The Kier molecular flexibility index (Phi) is 5.41. The van der Waals surface area contributed by atoms with E-state index in [2.05, 4.69) is 32.7 Å². The number of nitrogens with one attached hydrogen (secondary N) is 2. The SMILES string of the molecule is O=C(NCC(O)C1Cc2ccccc2CN1)c1cccc(-c2cncnc2)c1. The second kappa shape index (κ2) is 8.29. The van der Waals surface area contributed by atoms with Gasteiger partial charge >= 0.3 is 0 Å². The first kappa shape index (κ1) is 18.3. The Hall–Kier alpha value is -3.09. The van der Waals surface area contributed by atoms with Crippen molar-refractivity contribution in [2.75, 3.05) is 6.54 Å². The molecule has 3 aromatic rings. The molecule has 0 bridgehead atoms. The highest BCUT2D eigenvalue weighted by molar-refractivity contribution is 5.95.